The van der Waals surface area contributed by atoms with Crippen LogP contribution in [0.2, 0.25) is 0 Å². The zero-order valence-corrected chi connectivity index (χ0v) is 11.8. The van der Waals surface area contributed by atoms with E-state index in [1.165, 1.54) is 18.2 Å². The first-order valence-electron chi connectivity index (χ1n) is 6.42. The first-order chi connectivity index (χ1) is 9.96. The van der Waals surface area contributed by atoms with Gasteiger partial charge in [-0.2, -0.15) is 0 Å². The van der Waals surface area contributed by atoms with Crippen molar-refractivity contribution < 1.29 is 29.0 Å². The highest BCUT2D eigenvalue weighted by molar-refractivity contribution is 5.85. The molecule has 0 spiro atoms. The summed E-state index contributed by atoms with van der Waals surface area (Å²) in [4.78, 5) is 33.2. The molecule has 1 rings (SSSR count). The van der Waals surface area contributed by atoms with Crippen LogP contribution >= 0.6 is 0 Å². The van der Waals surface area contributed by atoms with Crippen LogP contribution in [0.15, 0.2) is 24.3 Å². The molecule has 0 heterocycles. The van der Waals surface area contributed by atoms with E-state index >= 15 is 0 Å². The molecule has 6 nitrogen and oxygen atoms in total. The van der Waals surface area contributed by atoms with Crippen molar-refractivity contribution in [3.8, 4) is 11.5 Å². The minimum absolute atomic E-state index is 0.0798. The Morgan fingerprint density at radius 3 is 2.14 bits per heavy atom. The zero-order chi connectivity index (χ0) is 15.8. The van der Waals surface area contributed by atoms with Gasteiger partial charge in [0.1, 0.15) is 0 Å². The number of carboxylic acid groups (broad SMARTS) is 1. The van der Waals surface area contributed by atoms with Crippen LogP contribution in [0.4, 0.5) is 0 Å². The highest BCUT2D eigenvalue weighted by Gasteiger charge is 2.12. The van der Waals surface area contributed by atoms with Gasteiger partial charge in [-0.3, -0.25) is 9.59 Å². The van der Waals surface area contributed by atoms with Gasteiger partial charge in [-0.25, -0.2) is 4.79 Å². The van der Waals surface area contributed by atoms with Crippen LogP contribution in [0.5, 0.6) is 11.5 Å². The minimum atomic E-state index is -1.09. The van der Waals surface area contributed by atoms with Crippen LogP contribution in [-0.4, -0.2) is 23.0 Å². The van der Waals surface area contributed by atoms with E-state index in [9.17, 15) is 14.4 Å². The molecule has 0 bridgehead atoms. The Bertz CT molecular complexity index is 574. The highest BCUT2D eigenvalue weighted by atomic mass is 16.6. The summed E-state index contributed by atoms with van der Waals surface area (Å²) in [5.74, 6) is -1.84. The van der Waals surface area contributed by atoms with Gasteiger partial charge in [0, 0.05) is 18.9 Å². The third-order valence-corrected chi connectivity index (χ3v) is 2.41. The van der Waals surface area contributed by atoms with Crippen molar-refractivity contribution in [1.29, 1.82) is 0 Å². The van der Waals surface area contributed by atoms with Gasteiger partial charge < -0.3 is 14.6 Å². The molecule has 0 fully saturated rings. The van der Waals surface area contributed by atoms with Gasteiger partial charge in [-0.1, -0.05) is 19.9 Å². The molecule has 0 radical (unpaired) electrons. The lowest BCUT2D eigenvalue weighted by Gasteiger charge is -2.10. The van der Waals surface area contributed by atoms with E-state index in [0.29, 0.717) is 5.56 Å². The van der Waals surface area contributed by atoms with Crippen LogP contribution in [0.25, 0.3) is 6.08 Å². The Kier molecular flexibility index (Phi) is 6.13. The number of esters is 2. The number of carbonyl (C=O) groups excluding carboxylic acids is 2. The zero-order valence-electron chi connectivity index (χ0n) is 11.8. The largest absolute Gasteiger partial charge is 0.478 e. The van der Waals surface area contributed by atoms with E-state index in [1.807, 2.05) is 0 Å². The molecule has 1 aromatic carbocycles. The van der Waals surface area contributed by atoms with Gasteiger partial charge in [-0.15, -0.1) is 0 Å². The quantitative estimate of drug-likeness (QED) is 0.492. The molecule has 0 saturated heterocycles. The second-order valence-corrected chi connectivity index (χ2v) is 4.03. The van der Waals surface area contributed by atoms with E-state index < -0.39 is 17.9 Å². The normalized spacial score (nSPS) is 10.4. The van der Waals surface area contributed by atoms with Crippen molar-refractivity contribution in [2.24, 2.45) is 0 Å². The SMILES string of the molecule is CCC(=O)Oc1ccc(C=CC(=O)O)cc1OC(=O)CC. The summed E-state index contributed by atoms with van der Waals surface area (Å²) in [6, 6.07) is 4.44. The predicted molar refractivity (Wildman–Crippen MR) is 75.0 cm³/mol. The second kappa shape index (κ2) is 7.84. The molecule has 0 aliphatic heterocycles. The molecule has 1 N–H and O–H groups in total. The number of rotatable bonds is 6. The van der Waals surface area contributed by atoms with Crippen LogP contribution in [0.3, 0.4) is 0 Å². The van der Waals surface area contributed by atoms with Crippen LogP contribution < -0.4 is 9.47 Å². The Hall–Kier alpha value is -2.63. The molecular weight excluding hydrogens is 276 g/mol. The van der Waals surface area contributed by atoms with Crippen LogP contribution in [0, 0.1) is 0 Å². The average Bonchev–Trinajstić information content (AvgIpc) is 2.46. The minimum Gasteiger partial charge on any atom is -0.478 e. The standard InChI is InChI=1S/C15H16O6/c1-3-14(18)20-11-7-5-10(6-8-13(16)17)9-12(11)21-15(19)4-2/h5-9H,3-4H2,1-2H3,(H,16,17). The first-order valence-corrected chi connectivity index (χ1v) is 6.42. The van der Waals surface area contributed by atoms with Gasteiger partial charge in [0.15, 0.2) is 11.5 Å². The van der Waals surface area contributed by atoms with Gasteiger partial charge >= 0.3 is 17.9 Å². The van der Waals surface area contributed by atoms with E-state index in [1.54, 1.807) is 19.9 Å². The predicted octanol–water partition coefficient (Wildman–Crippen LogP) is 2.42. The number of hydrogen-bond donors (Lipinski definition) is 1. The maximum Gasteiger partial charge on any atom is 0.328 e. The molecule has 21 heavy (non-hydrogen) atoms. The topological polar surface area (TPSA) is 89.9 Å². The Morgan fingerprint density at radius 1 is 1.05 bits per heavy atom. The van der Waals surface area contributed by atoms with Crippen molar-refractivity contribution in [3.05, 3.63) is 29.8 Å². The van der Waals surface area contributed by atoms with Crippen LogP contribution in [0.1, 0.15) is 32.3 Å². The summed E-state index contributed by atoms with van der Waals surface area (Å²) in [5, 5.41) is 8.59. The van der Waals surface area contributed by atoms with Crippen molar-refractivity contribution in [2.75, 3.05) is 0 Å². The van der Waals surface area contributed by atoms with Crippen molar-refractivity contribution in [1.82, 2.24) is 0 Å². The molecule has 6 heteroatoms. The molecule has 0 aliphatic rings. The summed E-state index contributed by atoms with van der Waals surface area (Å²) >= 11 is 0. The van der Waals surface area contributed by atoms with Crippen molar-refractivity contribution in [3.63, 3.8) is 0 Å². The van der Waals surface area contributed by atoms with Gasteiger partial charge in [-0.05, 0) is 23.8 Å². The van der Waals surface area contributed by atoms with Gasteiger partial charge in [0.05, 0.1) is 0 Å². The monoisotopic (exact) mass is 292 g/mol. The average molecular weight is 292 g/mol. The van der Waals surface area contributed by atoms with Crippen LogP contribution in [-0.2, 0) is 14.4 Å². The van der Waals surface area contributed by atoms with Gasteiger partial charge in [0.2, 0.25) is 0 Å². The fraction of sp³-hybridized carbons (Fsp3) is 0.267. The summed E-state index contributed by atoms with van der Waals surface area (Å²) in [5.41, 5.74) is 0.507. The maximum absolute atomic E-state index is 11.4. The lowest BCUT2D eigenvalue weighted by molar-refractivity contribution is -0.136. The molecule has 0 atom stereocenters. The highest BCUT2D eigenvalue weighted by Crippen LogP contribution is 2.29. The summed E-state index contributed by atoms with van der Waals surface area (Å²) < 4.78 is 10.2. The van der Waals surface area contributed by atoms with E-state index in [2.05, 4.69) is 0 Å². The maximum atomic E-state index is 11.4. The number of benzene rings is 1. The fourth-order valence-electron chi connectivity index (χ4n) is 1.35. The van der Waals surface area contributed by atoms with Crippen molar-refractivity contribution >= 4 is 24.0 Å². The molecule has 0 saturated carbocycles. The molecule has 0 aromatic heterocycles. The fourth-order valence-corrected chi connectivity index (χ4v) is 1.35. The van der Waals surface area contributed by atoms with Gasteiger partial charge in [0.25, 0.3) is 0 Å². The Labute approximate surface area is 122 Å². The molecular formula is C15H16O6. The summed E-state index contributed by atoms with van der Waals surface area (Å²) in [7, 11) is 0. The molecule has 0 amide bonds. The third kappa shape index (κ3) is 5.48. The lowest BCUT2D eigenvalue weighted by Crippen LogP contribution is -2.10. The second-order valence-electron chi connectivity index (χ2n) is 4.03. The van der Waals surface area contributed by atoms with E-state index in [4.69, 9.17) is 14.6 Å². The number of hydrogen-bond acceptors (Lipinski definition) is 5. The lowest BCUT2D eigenvalue weighted by atomic mass is 10.2. The molecule has 0 unspecified atom stereocenters. The smallest absolute Gasteiger partial charge is 0.328 e. The van der Waals surface area contributed by atoms with Crippen molar-refractivity contribution in [2.45, 2.75) is 26.7 Å². The molecule has 1 aromatic rings. The number of ether oxygens (including phenoxy) is 2. The molecule has 112 valence electrons. The number of aliphatic carboxylic acids is 1. The van der Waals surface area contributed by atoms with E-state index in [-0.39, 0.29) is 24.3 Å². The third-order valence-electron chi connectivity index (χ3n) is 2.41. The summed E-state index contributed by atoms with van der Waals surface area (Å²) in [6.07, 6.45) is 2.65. The van der Waals surface area contributed by atoms with E-state index in [0.717, 1.165) is 6.08 Å². The Balaban J connectivity index is 3.09. The molecule has 0 aliphatic carbocycles. The Morgan fingerprint density at radius 2 is 1.62 bits per heavy atom. The number of carboxylic acids is 1. The first kappa shape index (κ1) is 16.4. The number of carbonyl (C=O) groups is 3. The summed E-state index contributed by atoms with van der Waals surface area (Å²) in [6.45, 7) is 3.28.